The molecule has 21 heavy (non-hydrogen) atoms. The molecule has 0 unspecified atom stereocenters. The maximum Gasteiger partial charge on any atom is 0.187 e. The van der Waals surface area contributed by atoms with E-state index in [4.69, 9.17) is 0 Å². The molecule has 2 nitrogen and oxygen atoms in total. The number of ketones is 2. The lowest BCUT2D eigenvalue weighted by Crippen LogP contribution is -2.12. The molecule has 0 bridgehead atoms. The van der Waals surface area contributed by atoms with Gasteiger partial charge in [-0.05, 0) is 45.8 Å². The largest absolute Gasteiger partial charge is 0.289 e. The van der Waals surface area contributed by atoms with Crippen LogP contribution in [0.4, 0.5) is 0 Å². The van der Waals surface area contributed by atoms with Gasteiger partial charge in [0, 0.05) is 15.6 Å². The second kappa shape index (κ2) is 4.37. The molecule has 3 aromatic rings. The van der Waals surface area contributed by atoms with Gasteiger partial charge in [0.05, 0.1) is 0 Å². The fourth-order valence-electron chi connectivity index (χ4n) is 2.93. The molecule has 0 radical (unpaired) electrons. The zero-order chi connectivity index (χ0) is 14.6. The minimum absolute atomic E-state index is 0.114. The number of benzene rings is 3. The number of carbonyl (C=O) groups excluding carboxylic acids is 2. The average Bonchev–Trinajstić information content (AvgIpc) is 2.51. The molecule has 0 atom stereocenters. The number of hydrogen-bond acceptors (Lipinski definition) is 2. The number of hydrogen-bond donors (Lipinski definition) is 0. The predicted octanol–water partition coefficient (Wildman–Crippen LogP) is 4.69. The Hall–Kier alpha value is -2.26. The van der Waals surface area contributed by atoms with Crippen LogP contribution in [0.25, 0.3) is 21.5 Å². The first-order chi connectivity index (χ1) is 10.2. The SMILES string of the molecule is O=C1C=CC(=O)c2c1ccc1c2cc(Br)c2ccccc21. The van der Waals surface area contributed by atoms with E-state index in [2.05, 4.69) is 15.9 Å². The van der Waals surface area contributed by atoms with Gasteiger partial charge in [-0.1, -0.05) is 46.3 Å². The van der Waals surface area contributed by atoms with E-state index < -0.39 is 0 Å². The minimum atomic E-state index is -0.115. The van der Waals surface area contributed by atoms with Gasteiger partial charge in [0.15, 0.2) is 11.6 Å². The van der Waals surface area contributed by atoms with Crippen molar-refractivity contribution in [2.75, 3.05) is 0 Å². The van der Waals surface area contributed by atoms with Gasteiger partial charge in [-0.2, -0.15) is 0 Å². The molecule has 3 aromatic carbocycles. The smallest absolute Gasteiger partial charge is 0.187 e. The van der Waals surface area contributed by atoms with Gasteiger partial charge >= 0.3 is 0 Å². The van der Waals surface area contributed by atoms with Crippen LogP contribution >= 0.6 is 15.9 Å². The molecule has 1 aliphatic rings. The van der Waals surface area contributed by atoms with Crippen LogP contribution in [0.15, 0.2) is 59.1 Å². The minimum Gasteiger partial charge on any atom is -0.289 e. The van der Waals surface area contributed by atoms with Crippen LogP contribution in [0.1, 0.15) is 20.7 Å². The summed E-state index contributed by atoms with van der Waals surface area (Å²) in [5.41, 5.74) is 0.989. The number of allylic oxidation sites excluding steroid dienone is 2. The highest BCUT2D eigenvalue weighted by Gasteiger charge is 2.22. The summed E-state index contributed by atoms with van der Waals surface area (Å²) >= 11 is 3.57. The molecule has 100 valence electrons. The van der Waals surface area contributed by atoms with E-state index in [0.717, 1.165) is 26.0 Å². The van der Waals surface area contributed by atoms with E-state index in [9.17, 15) is 9.59 Å². The Morgan fingerprint density at radius 3 is 2.19 bits per heavy atom. The molecule has 0 saturated carbocycles. The zero-order valence-corrected chi connectivity index (χ0v) is 12.5. The van der Waals surface area contributed by atoms with Gasteiger partial charge in [0.2, 0.25) is 0 Å². The topological polar surface area (TPSA) is 34.1 Å². The Kier molecular flexibility index (Phi) is 2.59. The summed E-state index contributed by atoms with van der Waals surface area (Å²) in [4.78, 5) is 24.2. The molecule has 0 fully saturated rings. The first-order valence-electron chi connectivity index (χ1n) is 6.57. The molecule has 0 aliphatic heterocycles. The Bertz CT molecular complexity index is 983. The zero-order valence-electron chi connectivity index (χ0n) is 10.9. The van der Waals surface area contributed by atoms with Crippen molar-refractivity contribution in [2.45, 2.75) is 0 Å². The van der Waals surface area contributed by atoms with Crippen LogP contribution in [-0.4, -0.2) is 11.6 Å². The number of carbonyl (C=O) groups is 2. The van der Waals surface area contributed by atoms with Crippen molar-refractivity contribution in [1.82, 2.24) is 0 Å². The summed E-state index contributed by atoms with van der Waals surface area (Å²) in [5.74, 6) is -0.229. The summed E-state index contributed by atoms with van der Waals surface area (Å²) in [6.45, 7) is 0. The molecule has 0 amide bonds. The van der Waals surface area contributed by atoms with Crippen LogP contribution in [0.2, 0.25) is 0 Å². The predicted molar refractivity (Wildman–Crippen MR) is 87.0 cm³/mol. The summed E-state index contributed by atoms with van der Waals surface area (Å²) in [7, 11) is 0. The second-order valence-electron chi connectivity index (χ2n) is 5.05. The van der Waals surface area contributed by atoms with Crippen molar-refractivity contribution in [3.8, 4) is 0 Å². The van der Waals surface area contributed by atoms with Gasteiger partial charge in [0.1, 0.15) is 0 Å². The van der Waals surface area contributed by atoms with Gasteiger partial charge in [-0.25, -0.2) is 0 Å². The van der Waals surface area contributed by atoms with Gasteiger partial charge < -0.3 is 0 Å². The first kappa shape index (κ1) is 12.5. The fourth-order valence-corrected chi connectivity index (χ4v) is 3.50. The molecular formula is C18H9BrO2. The van der Waals surface area contributed by atoms with Gasteiger partial charge in [0.25, 0.3) is 0 Å². The first-order valence-corrected chi connectivity index (χ1v) is 7.37. The third-order valence-corrected chi connectivity index (χ3v) is 4.55. The van der Waals surface area contributed by atoms with Crippen LogP contribution in [0, 0.1) is 0 Å². The second-order valence-corrected chi connectivity index (χ2v) is 5.90. The Morgan fingerprint density at radius 1 is 0.714 bits per heavy atom. The monoisotopic (exact) mass is 336 g/mol. The Morgan fingerprint density at radius 2 is 1.38 bits per heavy atom. The molecule has 0 spiro atoms. The highest BCUT2D eigenvalue weighted by atomic mass is 79.9. The maximum absolute atomic E-state index is 12.2. The third kappa shape index (κ3) is 1.71. The Balaban J connectivity index is 2.25. The van der Waals surface area contributed by atoms with Crippen molar-refractivity contribution in [3.05, 3.63) is 70.2 Å². The molecule has 0 aromatic heterocycles. The number of fused-ring (bicyclic) bond motifs is 5. The molecule has 0 N–H and O–H groups in total. The van der Waals surface area contributed by atoms with Crippen molar-refractivity contribution in [3.63, 3.8) is 0 Å². The van der Waals surface area contributed by atoms with Crippen molar-refractivity contribution >= 4 is 49.0 Å². The lowest BCUT2D eigenvalue weighted by Gasteiger charge is -2.14. The highest BCUT2D eigenvalue weighted by molar-refractivity contribution is 9.10. The number of halogens is 1. The van der Waals surface area contributed by atoms with E-state index in [-0.39, 0.29) is 11.6 Å². The average molecular weight is 337 g/mol. The van der Waals surface area contributed by atoms with E-state index in [1.54, 1.807) is 6.07 Å². The van der Waals surface area contributed by atoms with E-state index >= 15 is 0 Å². The van der Waals surface area contributed by atoms with Gasteiger partial charge in [-0.15, -0.1) is 0 Å². The standard InChI is InChI=1S/C18H9BrO2/c19-15-9-14-11(10-3-1-2-4-12(10)15)5-6-13-16(20)7-8-17(21)18(13)14/h1-9H. The van der Waals surface area contributed by atoms with Crippen molar-refractivity contribution in [1.29, 1.82) is 0 Å². The maximum atomic E-state index is 12.2. The molecule has 3 heteroatoms. The van der Waals surface area contributed by atoms with Crippen LogP contribution in [0.3, 0.4) is 0 Å². The van der Waals surface area contributed by atoms with Crippen molar-refractivity contribution < 1.29 is 9.59 Å². The summed E-state index contributed by atoms with van der Waals surface area (Å²) < 4.78 is 0.925. The third-order valence-electron chi connectivity index (χ3n) is 3.89. The van der Waals surface area contributed by atoms with Crippen LogP contribution in [0.5, 0.6) is 0 Å². The summed E-state index contributed by atoms with van der Waals surface area (Å²) in [6.07, 6.45) is 2.69. The highest BCUT2D eigenvalue weighted by Crippen LogP contribution is 2.35. The molecule has 0 saturated heterocycles. The van der Waals surface area contributed by atoms with Crippen molar-refractivity contribution in [2.24, 2.45) is 0 Å². The Labute approximate surface area is 129 Å². The van der Waals surface area contributed by atoms with Crippen LogP contribution < -0.4 is 0 Å². The van der Waals surface area contributed by atoms with E-state index in [0.29, 0.717) is 11.1 Å². The normalized spacial score (nSPS) is 14.0. The van der Waals surface area contributed by atoms with Crippen LogP contribution in [-0.2, 0) is 0 Å². The van der Waals surface area contributed by atoms with E-state index in [1.165, 1.54) is 12.2 Å². The summed E-state index contributed by atoms with van der Waals surface area (Å²) in [6, 6.07) is 13.6. The molecule has 4 rings (SSSR count). The molecule has 1 aliphatic carbocycles. The molecular weight excluding hydrogens is 328 g/mol. The number of rotatable bonds is 0. The quantitative estimate of drug-likeness (QED) is 0.558. The lowest BCUT2D eigenvalue weighted by atomic mass is 9.88. The van der Waals surface area contributed by atoms with Gasteiger partial charge in [-0.3, -0.25) is 9.59 Å². The van der Waals surface area contributed by atoms with E-state index in [1.807, 2.05) is 36.4 Å². The lowest BCUT2D eigenvalue weighted by molar-refractivity contribution is 0.0995. The fraction of sp³-hybridized carbons (Fsp3) is 0. The summed E-state index contributed by atoms with van der Waals surface area (Å²) in [5, 5.41) is 3.97. The molecule has 0 heterocycles.